The average Bonchev–Trinajstić information content (AvgIpc) is 2.75. The topological polar surface area (TPSA) is 60.7 Å². The number of alkyl halides is 6. The molecule has 0 bridgehead atoms. The maximum absolute atomic E-state index is 12.8. The SMILES string of the molecule is CCc1cc(CCCc2ccc(CO)c(CO)c2)ccc1C=CC(O)C(C(F)(F)F)C(F)(F)F. The molecular formula is C25H28F6O3. The zero-order valence-electron chi connectivity index (χ0n) is 18.6. The van der Waals surface area contributed by atoms with Gasteiger partial charge in [-0.05, 0) is 59.1 Å². The number of hydrogen-bond donors (Lipinski definition) is 3. The van der Waals surface area contributed by atoms with Crippen molar-refractivity contribution in [1.82, 2.24) is 0 Å². The first-order chi connectivity index (χ1) is 15.9. The molecule has 1 atom stereocenters. The summed E-state index contributed by atoms with van der Waals surface area (Å²) in [5.74, 6) is -3.85. The van der Waals surface area contributed by atoms with Crippen molar-refractivity contribution in [3.05, 3.63) is 75.9 Å². The molecule has 0 heterocycles. The predicted molar refractivity (Wildman–Crippen MR) is 117 cm³/mol. The Morgan fingerprint density at radius 2 is 1.32 bits per heavy atom. The minimum absolute atomic E-state index is 0.152. The third-order valence-electron chi connectivity index (χ3n) is 5.65. The van der Waals surface area contributed by atoms with E-state index < -0.39 is 24.4 Å². The second kappa shape index (κ2) is 11.9. The van der Waals surface area contributed by atoms with Crippen LogP contribution in [0.25, 0.3) is 6.08 Å². The number of hydrogen-bond acceptors (Lipinski definition) is 3. The third kappa shape index (κ3) is 7.58. The van der Waals surface area contributed by atoms with Gasteiger partial charge in [0.1, 0.15) is 0 Å². The lowest BCUT2D eigenvalue weighted by atomic mass is 9.95. The van der Waals surface area contributed by atoms with Crippen LogP contribution < -0.4 is 0 Å². The van der Waals surface area contributed by atoms with Gasteiger partial charge in [-0.25, -0.2) is 0 Å². The van der Waals surface area contributed by atoms with Gasteiger partial charge in [-0.15, -0.1) is 0 Å². The highest BCUT2D eigenvalue weighted by Crippen LogP contribution is 2.41. The van der Waals surface area contributed by atoms with Crippen molar-refractivity contribution in [2.24, 2.45) is 5.92 Å². The fourth-order valence-corrected chi connectivity index (χ4v) is 3.80. The molecule has 2 aromatic carbocycles. The van der Waals surface area contributed by atoms with E-state index in [-0.39, 0.29) is 13.2 Å². The van der Waals surface area contributed by atoms with Gasteiger partial charge < -0.3 is 15.3 Å². The lowest BCUT2D eigenvalue weighted by molar-refractivity contribution is -0.300. The van der Waals surface area contributed by atoms with Gasteiger partial charge in [0.2, 0.25) is 0 Å². The van der Waals surface area contributed by atoms with Crippen LogP contribution in [0.3, 0.4) is 0 Å². The van der Waals surface area contributed by atoms with Crippen molar-refractivity contribution < 1.29 is 41.7 Å². The molecule has 188 valence electrons. The van der Waals surface area contributed by atoms with Gasteiger partial charge in [0.05, 0.1) is 19.3 Å². The Hall–Kier alpha value is -2.36. The number of aliphatic hydroxyl groups is 3. The van der Waals surface area contributed by atoms with E-state index in [0.29, 0.717) is 35.6 Å². The van der Waals surface area contributed by atoms with E-state index >= 15 is 0 Å². The van der Waals surface area contributed by atoms with Gasteiger partial charge in [0.15, 0.2) is 5.92 Å². The molecule has 0 aliphatic carbocycles. The maximum Gasteiger partial charge on any atom is 0.403 e. The molecule has 3 nitrogen and oxygen atoms in total. The molecule has 0 amide bonds. The first-order valence-corrected chi connectivity index (χ1v) is 10.8. The summed E-state index contributed by atoms with van der Waals surface area (Å²) in [6, 6.07) is 10.7. The summed E-state index contributed by atoms with van der Waals surface area (Å²) < 4.78 is 76.6. The quantitative estimate of drug-likeness (QED) is 0.384. The van der Waals surface area contributed by atoms with Crippen LogP contribution in [0.1, 0.15) is 46.7 Å². The minimum atomic E-state index is -5.62. The van der Waals surface area contributed by atoms with Gasteiger partial charge in [-0.2, -0.15) is 26.3 Å². The second-order valence-electron chi connectivity index (χ2n) is 8.07. The fourth-order valence-electron chi connectivity index (χ4n) is 3.80. The smallest absolute Gasteiger partial charge is 0.392 e. The van der Waals surface area contributed by atoms with Gasteiger partial charge in [-0.1, -0.05) is 55.5 Å². The number of aryl methyl sites for hydroxylation is 3. The average molecular weight is 490 g/mol. The molecule has 0 aliphatic rings. The largest absolute Gasteiger partial charge is 0.403 e. The highest BCUT2D eigenvalue weighted by molar-refractivity contribution is 5.55. The van der Waals surface area contributed by atoms with Crippen molar-refractivity contribution in [3.8, 4) is 0 Å². The van der Waals surface area contributed by atoms with E-state index in [2.05, 4.69) is 0 Å². The van der Waals surface area contributed by atoms with Crippen molar-refractivity contribution in [2.45, 2.75) is 64.3 Å². The molecule has 0 aromatic heterocycles. The zero-order valence-corrected chi connectivity index (χ0v) is 18.6. The summed E-state index contributed by atoms with van der Waals surface area (Å²) >= 11 is 0. The van der Waals surface area contributed by atoms with E-state index in [9.17, 15) is 41.7 Å². The molecule has 0 fully saturated rings. The van der Waals surface area contributed by atoms with Gasteiger partial charge in [-0.3, -0.25) is 0 Å². The Kier molecular flexibility index (Phi) is 9.73. The molecule has 0 saturated heterocycles. The molecule has 0 spiro atoms. The molecule has 3 N–H and O–H groups in total. The van der Waals surface area contributed by atoms with E-state index in [0.717, 1.165) is 35.6 Å². The molecule has 2 aromatic rings. The fraction of sp³-hybridized carbons (Fsp3) is 0.440. The molecule has 0 saturated carbocycles. The van der Waals surface area contributed by atoms with Crippen LogP contribution in [-0.4, -0.2) is 33.8 Å². The Morgan fingerprint density at radius 1 is 0.794 bits per heavy atom. The molecular weight excluding hydrogens is 462 g/mol. The Labute approximate surface area is 194 Å². The van der Waals surface area contributed by atoms with Crippen LogP contribution in [0, 0.1) is 5.92 Å². The van der Waals surface area contributed by atoms with Gasteiger partial charge in [0.25, 0.3) is 0 Å². The number of benzene rings is 2. The second-order valence-corrected chi connectivity index (χ2v) is 8.07. The highest BCUT2D eigenvalue weighted by atomic mass is 19.4. The summed E-state index contributed by atoms with van der Waals surface area (Å²) in [6.45, 7) is 1.50. The monoisotopic (exact) mass is 490 g/mol. The molecule has 9 heteroatoms. The molecule has 0 aliphatic heterocycles. The number of halogens is 6. The van der Waals surface area contributed by atoms with E-state index in [4.69, 9.17) is 0 Å². The lowest BCUT2D eigenvalue weighted by Gasteiger charge is -2.25. The van der Waals surface area contributed by atoms with Crippen molar-refractivity contribution in [3.63, 3.8) is 0 Å². The molecule has 1 unspecified atom stereocenters. The van der Waals surface area contributed by atoms with E-state index in [1.54, 1.807) is 18.2 Å². The van der Waals surface area contributed by atoms with Gasteiger partial charge >= 0.3 is 12.4 Å². The number of rotatable bonds is 10. The Balaban J connectivity index is 2.08. The summed E-state index contributed by atoms with van der Waals surface area (Å²) in [6.07, 6.45) is -9.64. The predicted octanol–water partition coefficient (Wildman–Crippen LogP) is 5.52. The molecule has 0 radical (unpaired) electrons. The summed E-state index contributed by atoms with van der Waals surface area (Å²) in [5.41, 5.74) is 4.50. The van der Waals surface area contributed by atoms with Crippen LogP contribution >= 0.6 is 0 Å². The summed E-state index contributed by atoms with van der Waals surface area (Å²) in [5, 5.41) is 28.3. The normalized spacial score (nSPS) is 13.7. The van der Waals surface area contributed by atoms with Crippen LogP contribution in [0.2, 0.25) is 0 Å². The van der Waals surface area contributed by atoms with Crippen LogP contribution in [0.15, 0.2) is 42.5 Å². The summed E-state index contributed by atoms with van der Waals surface area (Å²) in [4.78, 5) is 0. The standard InChI is InChI=1S/C25H28F6O3/c1-2-18-12-16(4-3-5-17-7-9-20(14-32)21(13-17)15-33)6-8-19(18)10-11-22(34)23(24(26,27)28)25(29,30)31/h6-13,22-23,32-34H,2-5,14-15H2,1H3. The third-order valence-corrected chi connectivity index (χ3v) is 5.65. The minimum Gasteiger partial charge on any atom is -0.392 e. The van der Waals surface area contributed by atoms with Crippen LogP contribution in [-0.2, 0) is 32.5 Å². The van der Waals surface area contributed by atoms with Crippen molar-refractivity contribution >= 4 is 6.08 Å². The highest BCUT2D eigenvalue weighted by Gasteiger charge is 2.59. The summed E-state index contributed by atoms with van der Waals surface area (Å²) in [7, 11) is 0. The lowest BCUT2D eigenvalue weighted by Crippen LogP contribution is -2.44. The first kappa shape index (κ1) is 27.9. The maximum atomic E-state index is 12.8. The van der Waals surface area contributed by atoms with E-state index in [1.165, 1.54) is 0 Å². The van der Waals surface area contributed by atoms with Crippen LogP contribution in [0.4, 0.5) is 26.3 Å². The van der Waals surface area contributed by atoms with Crippen molar-refractivity contribution in [2.75, 3.05) is 0 Å². The molecule has 2 rings (SSSR count). The van der Waals surface area contributed by atoms with E-state index in [1.807, 2.05) is 25.1 Å². The number of aliphatic hydroxyl groups excluding tert-OH is 3. The molecule has 34 heavy (non-hydrogen) atoms. The van der Waals surface area contributed by atoms with Crippen LogP contribution in [0.5, 0.6) is 0 Å². The van der Waals surface area contributed by atoms with Gasteiger partial charge in [0, 0.05) is 0 Å². The Morgan fingerprint density at radius 3 is 1.82 bits per heavy atom. The Bertz CT molecular complexity index is 952. The zero-order chi connectivity index (χ0) is 25.5. The first-order valence-electron chi connectivity index (χ1n) is 10.8. The van der Waals surface area contributed by atoms with Crippen molar-refractivity contribution in [1.29, 1.82) is 0 Å².